The van der Waals surface area contributed by atoms with E-state index in [9.17, 15) is 0 Å². The van der Waals surface area contributed by atoms with Gasteiger partial charge in [-0.15, -0.1) is 11.3 Å². The lowest BCUT2D eigenvalue weighted by Crippen LogP contribution is -2.08. The van der Waals surface area contributed by atoms with E-state index in [0.29, 0.717) is 10.7 Å². The zero-order valence-electron chi connectivity index (χ0n) is 10.9. The van der Waals surface area contributed by atoms with E-state index in [2.05, 4.69) is 27.3 Å². The van der Waals surface area contributed by atoms with Gasteiger partial charge >= 0.3 is 0 Å². The molecule has 0 unspecified atom stereocenters. The summed E-state index contributed by atoms with van der Waals surface area (Å²) in [5.41, 5.74) is 2.24. The van der Waals surface area contributed by atoms with Crippen LogP contribution in [-0.2, 0) is 6.42 Å². The first-order valence-electron chi connectivity index (χ1n) is 6.07. The summed E-state index contributed by atoms with van der Waals surface area (Å²) < 4.78 is 6.54. The van der Waals surface area contributed by atoms with Gasteiger partial charge < -0.3 is 0 Å². The highest BCUT2D eigenvalue weighted by Crippen LogP contribution is 2.24. The quantitative estimate of drug-likeness (QED) is 0.740. The van der Waals surface area contributed by atoms with Crippen LogP contribution in [0.2, 0.25) is 5.02 Å². The second-order valence-corrected chi connectivity index (χ2v) is 5.90. The predicted molar refractivity (Wildman–Crippen MR) is 75.8 cm³/mol. The summed E-state index contributed by atoms with van der Waals surface area (Å²) >= 11 is 7.47. The normalized spacial score (nSPS) is 12.8. The Bertz CT molecular complexity index is 719. The van der Waals surface area contributed by atoms with Crippen LogP contribution in [0.1, 0.15) is 23.7 Å². The summed E-state index contributed by atoms with van der Waals surface area (Å²) in [4.78, 5) is 4.57. The highest BCUT2D eigenvalue weighted by Gasteiger charge is 2.14. The van der Waals surface area contributed by atoms with Gasteiger partial charge in [-0.1, -0.05) is 16.8 Å². The van der Waals surface area contributed by atoms with Gasteiger partial charge in [-0.05, 0) is 19.0 Å². The van der Waals surface area contributed by atoms with Crippen molar-refractivity contribution < 1.29 is 4.63 Å². The van der Waals surface area contributed by atoms with Crippen LogP contribution in [0.15, 0.2) is 22.4 Å². The molecule has 0 aliphatic heterocycles. The van der Waals surface area contributed by atoms with Crippen LogP contribution in [0.3, 0.4) is 0 Å². The minimum absolute atomic E-state index is 0.193. The Morgan fingerprint density at radius 3 is 2.95 bits per heavy atom. The van der Waals surface area contributed by atoms with Crippen LogP contribution >= 0.6 is 22.9 Å². The first kappa shape index (κ1) is 13.3. The summed E-state index contributed by atoms with van der Waals surface area (Å²) in [6.07, 6.45) is 4.23. The number of nitrogens with zero attached hydrogens (tertiary/aromatic N) is 5. The van der Waals surface area contributed by atoms with Crippen LogP contribution in [-0.4, -0.2) is 25.1 Å². The number of thiazole rings is 1. The molecule has 3 rings (SSSR count). The molecular formula is C12H12ClN5OS. The molecule has 0 radical (unpaired) electrons. The highest BCUT2D eigenvalue weighted by molar-refractivity contribution is 7.09. The van der Waals surface area contributed by atoms with E-state index in [1.165, 1.54) is 0 Å². The van der Waals surface area contributed by atoms with Gasteiger partial charge in [0.15, 0.2) is 5.69 Å². The molecule has 0 N–H and O–H groups in total. The molecule has 20 heavy (non-hydrogen) atoms. The number of halogens is 1. The lowest BCUT2D eigenvalue weighted by molar-refractivity contribution is 0.306. The topological polar surface area (TPSA) is 69.6 Å². The smallest absolute Gasteiger partial charge is 0.157 e. The van der Waals surface area contributed by atoms with Gasteiger partial charge in [0.2, 0.25) is 0 Å². The maximum atomic E-state index is 5.87. The fraction of sp³-hybridized carbons (Fsp3) is 0.333. The summed E-state index contributed by atoms with van der Waals surface area (Å²) in [5.74, 6) is 0. The van der Waals surface area contributed by atoms with Crippen LogP contribution < -0.4 is 0 Å². The van der Waals surface area contributed by atoms with Crippen LogP contribution in [0, 0.1) is 6.92 Å². The van der Waals surface area contributed by atoms with Gasteiger partial charge in [0.25, 0.3) is 0 Å². The van der Waals surface area contributed by atoms with Gasteiger partial charge in [0.05, 0.1) is 22.3 Å². The Hall–Kier alpha value is -1.73. The number of aryl methyl sites for hydroxylation is 1. The average Bonchev–Trinajstić information content (AvgIpc) is 3.10. The molecule has 0 amide bonds. The Morgan fingerprint density at radius 2 is 2.30 bits per heavy atom. The Balaban J connectivity index is 1.76. The van der Waals surface area contributed by atoms with Crippen molar-refractivity contribution in [1.82, 2.24) is 25.1 Å². The second kappa shape index (κ2) is 5.34. The first-order chi connectivity index (χ1) is 9.63. The van der Waals surface area contributed by atoms with Crippen LogP contribution in [0.25, 0.3) is 11.4 Å². The molecule has 8 heteroatoms. The molecule has 0 aromatic carbocycles. The fourth-order valence-corrected chi connectivity index (χ4v) is 2.92. The number of hydrogen-bond acceptors (Lipinski definition) is 6. The zero-order chi connectivity index (χ0) is 14.1. The minimum atomic E-state index is 0.193. The van der Waals surface area contributed by atoms with Crippen molar-refractivity contribution in [2.45, 2.75) is 26.3 Å². The van der Waals surface area contributed by atoms with Gasteiger partial charge in [0, 0.05) is 18.0 Å². The first-order valence-corrected chi connectivity index (χ1v) is 7.33. The summed E-state index contributed by atoms with van der Waals surface area (Å²) in [7, 11) is 0. The molecule has 0 saturated heterocycles. The molecular weight excluding hydrogens is 298 g/mol. The molecule has 0 saturated carbocycles. The van der Waals surface area contributed by atoms with Crippen molar-refractivity contribution in [2.24, 2.45) is 0 Å². The second-order valence-electron chi connectivity index (χ2n) is 4.52. The van der Waals surface area contributed by atoms with Gasteiger partial charge in [-0.25, -0.2) is 9.61 Å². The Morgan fingerprint density at radius 1 is 1.45 bits per heavy atom. The van der Waals surface area contributed by atoms with E-state index in [1.54, 1.807) is 17.5 Å². The van der Waals surface area contributed by atoms with Gasteiger partial charge in [-0.3, -0.25) is 4.68 Å². The van der Waals surface area contributed by atoms with Crippen LogP contribution in [0.4, 0.5) is 0 Å². The van der Waals surface area contributed by atoms with Gasteiger partial charge in [0.1, 0.15) is 11.4 Å². The molecule has 6 nitrogen and oxygen atoms in total. The number of hydrogen-bond donors (Lipinski definition) is 0. The van der Waals surface area contributed by atoms with Crippen molar-refractivity contribution in [3.05, 3.63) is 33.5 Å². The predicted octanol–water partition coefficient (Wildman–Crippen LogP) is 3.16. The number of rotatable bonds is 4. The SMILES string of the molecule is Cc1nonc1-c1csc(C[C@@H](C)n2cc(Cl)cn2)n1. The van der Waals surface area contributed by atoms with E-state index in [1.807, 2.05) is 23.2 Å². The third-order valence-electron chi connectivity index (χ3n) is 2.94. The lowest BCUT2D eigenvalue weighted by Gasteiger charge is -2.09. The molecule has 0 fully saturated rings. The van der Waals surface area contributed by atoms with Crippen LogP contribution in [0.5, 0.6) is 0 Å². The summed E-state index contributed by atoms with van der Waals surface area (Å²) in [6, 6.07) is 0.193. The molecule has 0 aliphatic rings. The highest BCUT2D eigenvalue weighted by atomic mass is 35.5. The molecule has 0 aliphatic carbocycles. The van der Waals surface area contributed by atoms with E-state index in [4.69, 9.17) is 16.2 Å². The van der Waals surface area contributed by atoms with E-state index in [0.717, 1.165) is 22.8 Å². The lowest BCUT2D eigenvalue weighted by atomic mass is 10.2. The van der Waals surface area contributed by atoms with Crippen molar-refractivity contribution in [1.29, 1.82) is 0 Å². The average molecular weight is 310 g/mol. The molecule has 104 valence electrons. The summed E-state index contributed by atoms with van der Waals surface area (Å²) in [5, 5.41) is 15.5. The maximum Gasteiger partial charge on any atom is 0.157 e. The largest absolute Gasteiger partial charge is 0.268 e. The van der Waals surface area contributed by atoms with Crippen molar-refractivity contribution in [3.63, 3.8) is 0 Å². The third kappa shape index (κ3) is 2.59. The van der Waals surface area contributed by atoms with E-state index < -0.39 is 0 Å². The molecule has 3 aromatic heterocycles. The number of aromatic nitrogens is 5. The molecule has 1 atom stereocenters. The van der Waals surface area contributed by atoms with E-state index >= 15 is 0 Å². The summed E-state index contributed by atoms with van der Waals surface area (Å²) in [6.45, 7) is 3.92. The monoisotopic (exact) mass is 309 g/mol. The van der Waals surface area contributed by atoms with Gasteiger partial charge in [-0.2, -0.15) is 5.10 Å². The Labute approximate surface area is 124 Å². The van der Waals surface area contributed by atoms with Crippen molar-refractivity contribution in [2.75, 3.05) is 0 Å². The molecule has 0 spiro atoms. The molecule has 3 aromatic rings. The fourth-order valence-electron chi connectivity index (χ4n) is 1.88. The Kier molecular flexibility index (Phi) is 3.54. The van der Waals surface area contributed by atoms with Crippen molar-refractivity contribution in [3.8, 4) is 11.4 Å². The molecule has 3 heterocycles. The van der Waals surface area contributed by atoms with E-state index in [-0.39, 0.29) is 6.04 Å². The standard InChI is InChI=1S/C12H12ClN5OS/c1-7(18-5-9(13)4-14-18)3-11-15-10(6-20-11)12-8(2)16-19-17-12/h4-7H,3H2,1-2H3/t7-/m1/s1. The molecule has 0 bridgehead atoms. The van der Waals surface area contributed by atoms with Crippen molar-refractivity contribution >= 4 is 22.9 Å². The maximum absolute atomic E-state index is 5.87. The third-order valence-corrected chi connectivity index (χ3v) is 4.00. The zero-order valence-corrected chi connectivity index (χ0v) is 12.5. The minimum Gasteiger partial charge on any atom is -0.268 e.